The lowest BCUT2D eigenvalue weighted by molar-refractivity contribution is 0.155. The Labute approximate surface area is 172 Å². The van der Waals surface area contributed by atoms with Crippen LogP contribution >= 0.6 is 0 Å². The molecule has 0 spiro atoms. The summed E-state index contributed by atoms with van der Waals surface area (Å²) in [6, 6.07) is 8.30. The van der Waals surface area contributed by atoms with Crippen molar-refractivity contribution >= 4 is 17.1 Å². The summed E-state index contributed by atoms with van der Waals surface area (Å²) in [5.74, 6) is 0. The number of nitrogens with one attached hydrogen (secondary N) is 2. The molecular weight excluding hydrogens is 366 g/mol. The van der Waals surface area contributed by atoms with E-state index in [9.17, 15) is 9.59 Å². The molecule has 0 bridgehead atoms. The first-order chi connectivity index (χ1) is 14.2. The number of likely N-dealkylation sites (tertiary alicyclic amines) is 2. The summed E-state index contributed by atoms with van der Waals surface area (Å²) >= 11 is 0. The van der Waals surface area contributed by atoms with Gasteiger partial charge in [0, 0.05) is 38.3 Å². The maximum atomic E-state index is 12.7. The lowest BCUT2D eigenvalue weighted by Gasteiger charge is -2.36. The van der Waals surface area contributed by atoms with Gasteiger partial charge in [0.15, 0.2) is 0 Å². The molecule has 0 aliphatic carbocycles. The third-order valence-electron chi connectivity index (χ3n) is 6.48. The first kappa shape index (κ1) is 20.0. The third kappa shape index (κ3) is 4.50. The van der Waals surface area contributed by atoms with Crippen LogP contribution in [0.2, 0.25) is 0 Å². The number of hydrogen-bond acceptors (Lipinski definition) is 3. The van der Waals surface area contributed by atoms with Gasteiger partial charge in [0.25, 0.3) is 0 Å². The fourth-order valence-corrected chi connectivity index (χ4v) is 4.71. The maximum absolute atomic E-state index is 12.7. The zero-order chi connectivity index (χ0) is 20.2. The molecule has 4 rings (SSSR count). The van der Waals surface area contributed by atoms with E-state index in [4.69, 9.17) is 0 Å². The molecule has 0 saturated carbocycles. The van der Waals surface area contributed by atoms with Crippen LogP contribution in [0, 0.1) is 0 Å². The van der Waals surface area contributed by atoms with Crippen molar-refractivity contribution in [3.63, 3.8) is 0 Å². The predicted octanol–water partition coefficient (Wildman–Crippen LogP) is 2.94. The summed E-state index contributed by atoms with van der Waals surface area (Å²) in [4.78, 5) is 32.5. The molecule has 2 aliphatic rings. The molecule has 2 amide bonds. The highest BCUT2D eigenvalue weighted by Gasteiger charge is 2.28. The van der Waals surface area contributed by atoms with Gasteiger partial charge in [-0.2, -0.15) is 0 Å². The van der Waals surface area contributed by atoms with E-state index < -0.39 is 0 Å². The first-order valence-electron chi connectivity index (χ1n) is 11.1. The van der Waals surface area contributed by atoms with Crippen LogP contribution < -0.4 is 11.0 Å². The number of hydrogen-bond donors (Lipinski definition) is 2. The van der Waals surface area contributed by atoms with Gasteiger partial charge < -0.3 is 20.1 Å². The molecule has 0 atom stereocenters. The Hall–Kier alpha value is -2.28. The molecular formula is C22H33N5O2. The number of piperidine rings is 2. The Balaban J connectivity index is 1.28. The van der Waals surface area contributed by atoms with E-state index in [0.29, 0.717) is 13.1 Å². The summed E-state index contributed by atoms with van der Waals surface area (Å²) in [6.07, 6.45) is 6.19. The zero-order valence-corrected chi connectivity index (χ0v) is 17.4. The zero-order valence-electron chi connectivity index (χ0n) is 17.4. The largest absolute Gasteiger partial charge is 0.335 e. The van der Waals surface area contributed by atoms with Crippen LogP contribution in [0.5, 0.6) is 0 Å². The van der Waals surface area contributed by atoms with Crippen molar-refractivity contribution < 1.29 is 4.79 Å². The molecule has 7 heteroatoms. The van der Waals surface area contributed by atoms with Crippen LogP contribution in [-0.4, -0.2) is 64.1 Å². The summed E-state index contributed by atoms with van der Waals surface area (Å²) in [6.45, 7) is 6.95. The molecule has 2 aliphatic heterocycles. The van der Waals surface area contributed by atoms with Gasteiger partial charge in [0.05, 0.1) is 11.0 Å². The van der Waals surface area contributed by atoms with Crippen LogP contribution in [0.4, 0.5) is 4.79 Å². The summed E-state index contributed by atoms with van der Waals surface area (Å²) in [5, 5.41) is 3.24. The standard InChI is InChI=1S/C22H33N5O2/c1-2-3-12-25-13-8-17(9-14-25)23-21(28)26-15-10-18(11-16-26)27-20-7-5-4-6-19(20)24-22(27)29/h4-7,17-18H,2-3,8-16H2,1H3,(H,23,28)(H,24,29). The smallest absolute Gasteiger partial charge is 0.326 e. The van der Waals surface area contributed by atoms with E-state index in [2.05, 4.69) is 22.1 Å². The second-order valence-electron chi connectivity index (χ2n) is 8.45. The average Bonchev–Trinajstić information content (AvgIpc) is 3.09. The highest BCUT2D eigenvalue weighted by molar-refractivity contribution is 5.75. The van der Waals surface area contributed by atoms with Gasteiger partial charge >= 0.3 is 11.7 Å². The maximum Gasteiger partial charge on any atom is 0.326 e. The molecule has 158 valence electrons. The number of aromatic nitrogens is 2. The van der Waals surface area contributed by atoms with E-state index in [1.807, 2.05) is 33.7 Å². The van der Waals surface area contributed by atoms with E-state index >= 15 is 0 Å². The number of para-hydroxylation sites is 2. The van der Waals surface area contributed by atoms with Crippen molar-refractivity contribution in [1.29, 1.82) is 0 Å². The predicted molar refractivity (Wildman–Crippen MR) is 115 cm³/mol. The molecule has 2 fully saturated rings. The number of carbonyl (C=O) groups is 1. The molecule has 2 aromatic rings. The monoisotopic (exact) mass is 399 g/mol. The number of urea groups is 1. The SMILES string of the molecule is CCCCN1CCC(NC(=O)N2CCC(n3c(=O)[nH]c4ccccc43)CC2)CC1. The number of aromatic amines is 1. The Kier molecular flexibility index (Phi) is 6.23. The fraction of sp³-hybridized carbons (Fsp3) is 0.636. The van der Waals surface area contributed by atoms with E-state index in [1.165, 1.54) is 19.4 Å². The molecule has 3 heterocycles. The molecule has 7 nitrogen and oxygen atoms in total. The van der Waals surface area contributed by atoms with Crippen molar-refractivity contribution in [1.82, 2.24) is 24.7 Å². The molecule has 0 radical (unpaired) electrons. The van der Waals surface area contributed by atoms with Gasteiger partial charge in [-0.25, -0.2) is 9.59 Å². The number of amides is 2. The number of carbonyl (C=O) groups excluding carboxylic acids is 1. The number of imidazole rings is 1. The molecule has 2 saturated heterocycles. The molecule has 1 aromatic heterocycles. The van der Waals surface area contributed by atoms with Crippen LogP contribution in [0.3, 0.4) is 0 Å². The van der Waals surface area contributed by atoms with Crippen LogP contribution in [0.1, 0.15) is 51.5 Å². The molecule has 29 heavy (non-hydrogen) atoms. The normalized spacial score (nSPS) is 19.7. The second-order valence-corrected chi connectivity index (χ2v) is 8.45. The summed E-state index contributed by atoms with van der Waals surface area (Å²) in [7, 11) is 0. The van der Waals surface area contributed by atoms with Crippen molar-refractivity contribution in [2.75, 3.05) is 32.7 Å². The van der Waals surface area contributed by atoms with Gasteiger partial charge in [-0.3, -0.25) is 4.57 Å². The number of H-pyrrole nitrogens is 1. The number of benzene rings is 1. The van der Waals surface area contributed by atoms with Gasteiger partial charge in [-0.05, 0) is 50.8 Å². The average molecular weight is 400 g/mol. The van der Waals surface area contributed by atoms with Gasteiger partial charge in [0.2, 0.25) is 0 Å². The van der Waals surface area contributed by atoms with Crippen molar-refractivity contribution in [3.05, 3.63) is 34.7 Å². The van der Waals surface area contributed by atoms with Gasteiger partial charge in [-0.15, -0.1) is 0 Å². The minimum absolute atomic E-state index is 0.0519. The Morgan fingerprint density at radius 1 is 1.10 bits per heavy atom. The van der Waals surface area contributed by atoms with Crippen LogP contribution in [-0.2, 0) is 0 Å². The minimum Gasteiger partial charge on any atom is -0.335 e. The van der Waals surface area contributed by atoms with E-state index in [-0.39, 0.29) is 23.8 Å². The fourth-order valence-electron chi connectivity index (χ4n) is 4.71. The topological polar surface area (TPSA) is 73.4 Å². The van der Waals surface area contributed by atoms with Gasteiger partial charge in [0.1, 0.15) is 0 Å². The Bertz CT molecular complexity index is 873. The van der Waals surface area contributed by atoms with Crippen molar-refractivity contribution in [3.8, 4) is 0 Å². The van der Waals surface area contributed by atoms with Crippen molar-refractivity contribution in [2.24, 2.45) is 0 Å². The van der Waals surface area contributed by atoms with Gasteiger partial charge in [-0.1, -0.05) is 25.5 Å². The lowest BCUT2D eigenvalue weighted by atomic mass is 10.0. The lowest BCUT2D eigenvalue weighted by Crippen LogP contribution is -2.51. The minimum atomic E-state index is -0.0519. The molecule has 2 N–H and O–H groups in total. The molecule has 1 aromatic carbocycles. The summed E-state index contributed by atoms with van der Waals surface area (Å²) in [5.41, 5.74) is 1.78. The first-order valence-corrected chi connectivity index (χ1v) is 11.1. The Morgan fingerprint density at radius 2 is 1.83 bits per heavy atom. The Morgan fingerprint density at radius 3 is 2.55 bits per heavy atom. The van der Waals surface area contributed by atoms with Crippen LogP contribution in [0.25, 0.3) is 11.0 Å². The van der Waals surface area contributed by atoms with Crippen molar-refractivity contribution in [2.45, 2.75) is 57.5 Å². The second kappa shape index (κ2) is 9.03. The quantitative estimate of drug-likeness (QED) is 0.812. The highest BCUT2D eigenvalue weighted by Crippen LogP contribution is 2.25. The van der Waals surface area contributed by atoms with Crippen LogP contribution in [0.15, 0.2) is 29.1 Å². The molecule has 0 unspecified atom stereocenters. The summed E-state index contributed by atoms with van der Waals surface area (Å²) < 4.78 is 1.87. The third-order valence-corrected chi connectivity index (χ3v) is 6.48. The number of fused-ring (bicyclic) bond motifs is 1. The number of nitrogens with zero attached hydrogens (tertiary/aromatic N) is 3. The number of unbranched alkanes of at least 4 members (excludes halogenated alkanes) is 1. The van der Waals surface area contributed by atoms with E-state index in [1.54, 1.807) is 0 Å². The number of rotatable bonds is 5. The van der Waals surface area contributed by atoms with E-state index in [0.717, 1.165) is 49.8 Å². The highest BCUT2D eigenvalue weighted by atomic mass is 16.2.